The Morgan fingerprint density at radius 3 is 2.57 bits per heavy atom. The number of aromatic nitrogens is 4. The SMILES string of the molecule is Cc1oc(CNC(=O)C(Cc2ccc(F)cc2)n2nnnc2C)cc1C(=O)O. The Morgan fingerprint density at radius 1 is 1.29 bits per heavy atom. The van der Waals surface area contributed by atoms with Crippen LogP contribution in [0.1, 0.15) is 39.3 Å². The highest BCUT2D eigenvalue weighted by Gasteiger charge is 2.25. The van der Waals surface area contributed by atoms with E-state index in [1.165, 1.54) is 29.8 Å². The van der Waals surface area contributed by atoms with Crippen molar-refractivity contribution in [2.75, 3.05) is 0 Å². The molecule has 1 atom stereocenters. The van der Waals surface area contributed by atoms with Crippen LogP contribution in [0.3, 0.4) is 0 Å². The maximum atomic E-state index is 13.2. The van der Waals surface area contributed by atoms with Crippen molar-refractivity contribution in [1.82, 2.24) is 25.5 Å². The molecular formula is C18H18FN5O4. The second-order valence-corrected chi connectivity index (χ2v) is 6.22. The smallest absolute Gasteiger partial charge is 0.339 e. The Kier molecular flexibility index (Phi) is 5.48. The third kappa shape index (κ3) is 4.22. The topological polar surface area (TPSA) is 123 Å². The van der Waals surface area contributed by atoms with Gasteiger partial charge in [-0.25, -0.2) is 13.9 Å². The molecule has 0 bridgehead atoms. The highest BCUT2D eigenvalue weighted by atomic mass is 19.1. The first kappa shape index (κ1) is 19.2. The second-order valence-electron chi connectivity index (χ2n) is 6.22. The molecule has 0 radical (unpaired) electrons. The van der Waals surface area contributed by atoms with Gasteiger partial charge in [0.15, 0.2) is 0 Å². The first-order valence-electron chi connectivity index (χ1n) is 8.44. The van der Waals surface area contributed by atoms with Crippen molar-refractivity contribution in [3.8, 4) is 0 Å². The van der Waals surface area contributed by atoms with Gasteiger partial charge < -0.3 is 14.8 Å². The Labute approximate surface area is 159 Å². The van der Waals surface area contributed by atoms with E-state index in [-0.39, 0.29) is 36.0 Å². The lowest BCUT2D eigenvalue weighted by Gasteiger charge is -2.17. The molecule has 146 valence electrons. The predicted molar refractivity (Wildman–Crippen MR) is 93.9 cm³/mol. The highest BCUT2D eigenvalue weighted by Crippen LogP contribution is 2.17. The van der Waals surface area contributed by atoms with Crippen molar-refractivity contribution in [1.29, 1.82) is 0 Å². The molecule has 3 aromatic rings. The van der Waals surface area contributed by atoms with Crippen LogP contribution in [0.15, 0.2) is 34.7 Å². The van der Waals surface area contributed by atoms with Crippen molar-refractivity contribution < 1.29 is 23.5 Å². The third-order valence-corrected chi connectivity index (χ3v) is 4.23. The number of hydrogen-bond donors (Lipinski definition) is 2. The van der Waals surface area contributed by atoms with Gasteiger partial charge in [0.2, 0.25) is 5.91 Å². The molecule has 28 heavy (non-hydrogen) atoms. The van der Waals surface area contributed by atoms with Gasteiger partial charge in [0.1, 0.15) is 34.8 Å². The average molecular weight is 387 g/mol. The zero-order valence-corrected chi connectivity index (χ0v) is 15.2. The van der Waals surface area contributed by atoms with Crippen LogP contribution in [0.25, 0.3) is 0 Å². The summed E-state index contributed by atoms with van der Waals surface area (Å²) in [6.07, 6.45) is 0.246. The number of carboxylic acid groups (broad SMARTS) is 1. The number of hydrogen-bond acceptors (Lipinski definition) is 6. The van der Waals surface area contributed by atoms with E-state index in [4.69, 9.17) is 9.52 Å². The molecule has 0 fully saturated rings. The van der Waals surface area contributed by atoms with Crippen LogP contribution in [0.5, 0.6) is 0 Å². The summed E-state index contributed by atoms with van der Waals surface area (Å²) >= 11 is 0. The van der Waals surface area contributed by atoms with Gasteiger partial charge in [-0.3, -0.25) is 4.79 Å². The summed E-state index contributed by atoms with van der Waals surface area (Å²) in [7, 11) is 0. The molecule has 1 amide bonds. The summed E-state index contributed by atoms with van der Waals surface area (Å²) in [5.41, 5.74) is 0.780. The number of amides is 1. The number of aryl methyl sites for hydroxylation is 2. The maximum absolute atomic E-state index is 13.2. The van der Waals surface area contributed by atoms with Crippen molar-refractivity contribution >= 4 is 11.9 Å². The van der Waals surface area contributed by atoms with Crippen LogP contribution in [0.2, 0.25) is 0 Å². The highest BCUT2D eigenvalue weighted by molar-refractivity contribution is 5.88. The molecule has 2 N–H and O–H groups in total. The molecule has 0 aliphatic carbocycles. The van der Waals surface area contributed by atoms with E-state index in [2.05, 4.69) is 20.8 Å². The molecule has 3 rings (SSSR count). The van der Waals surface area contributed by atoms with Crippen LogP contribution in [0.4, 0.5) is 4.39 Å². The van der Waals surface area contributed by atoms with E-state index in [1.54, 1.807) is 19.1 Å². The summed E-state index contributed by atoms with van der Waals surface area (Å²) in [5, 5.41) is 23.0. The van der Waals surface area contributed by atoms with Gasteiger partial charge in [-0.2, -0.15) is 0 Å². The van der Waals surface area contributed by atoms with Crippen molar-refractivity contribution in [2.24, 2.45) is 0 Å². The van der Waals surface area contributed by atoms with Crippen LogP contribution in [-0.4, -0.2) is 37.2 Å². The number of nitrogens with one attached hydrogen (secondary N) is 1. The quantitative estimate of drug-likeness (QED) is 0.634. The summed E-state index contributed by atoms with van der Waals surface area (Å²) in [4.78, 5) is 23.9. The van der Waals surface area contributed by atoms with Gasteiger partial charge in [0.05, 0.1) is 6.54 Å². The maximum Gasteiger partial charge on any atom is 0.339 e. The predicted octanol–water partition coefficient (Wildman–Crippen LogP) is 1.82. The number of furan rings is 1. The fourth-order valence-electron chi connectivity index (χ4n) is 2.80. The lowest BCUT2D eigenvalue weighted by atomic mass is 10.1. The van der Waals surface area contributed by atoms with Crippen molar-refractivity contribution in [2.45, 2.75) is 32.9 Å². The minimum absolute atomic E-state index is 0.00798. The molecule has 0 saturated carbocycles. The molecular weight excluding hydrogens is 369 g/mol. The van der Waals surface area contributed by atoms with E-state index in [9.17, 15) is 14.0 Å². The molecule has 1 aromatic carbocycles. The first-order chi connectivity index (χ1) is 13.3. The first-order valence-corrected chi connectivity index (χ1v) is 8.44. The lowest BCUT2D eigenvalue weighted by Crippen LogP contribution is -2.34. The normalized spacial score (nSPS) is 12.0. The molecule has 0 spiro atoms. The van der Waals surface area contributed by atoms with Crippen molar-refractivity contribution in [3.63, 3.8) is 0 Å². The standard InChI is InChI=1S/C18H18FN5O4/c1-10-15(18(26)27)8-14(28-10)9-20-17(25)16(24-11(2)21-22-23-24)7-12-3-5-13(19)6-4-12/h3-6,8,16H,7,9H2,1-2H3,(H,20,25)(H,26,27). The van der Waals surface area contributed by atoms with Gasteiger partial charge in [-0.15, -0.1) is 5.10 Å². The average Bonchev–Trinajstić information content (AvgIpc) is 3.24. The number of aromatic carboxylic acids is 1. The number of tetrazole rings is 1. The fraction of sp³-hybridized carbons (Fsp3) is 0.278. The molecule has 1 unspecified atom stereocenters. The summed E-state index contributed by atoms with van der Waals surface area (Å²) in [5.74, 6) is -0.828. The number of carbonyl (C=O) groups excluding carboxylic acids is 1. The molecule has 0 saturated heterocycles. The van der Waals surface area contributed by atoms with E-state index >= 15 is 0 Å². The Balaban J connectivity index is 1.77. The van der Waals surface area contributed by atoms with Gasteiger partial charge in [0, 0.05) is 6.42 Å². The Hall–Kier alpha value is -3.56. The van der Waals surface area contributed by atoms with E-state index < -0.39 is 12.0 Å². The summed E-state index contributed by atoms with van der Waals surface area (Å²) in [6.45, 7) is 3.21. The largest absolute Gasteiger partial charge is 0.478 e. The third-order valence-electron chi connectivity index (χ3n) is 4.23. The van der Waals surface area contributed by atoms with Gasteiger partial charge >= 0.3 is 5.97 Å². The van der Waals surface area contributed by atoms with Crippen LogP contribution < -0.4 is 5.32 Å². The van der Waals surface area contributed by atoms with Crippen molar-refractivity contribution in [3.05, 3.63) is 64.6 Å². The summed E-state index contributed by atoms with van der Waals surface area (Å²) < 4.78 is 19.9. The van der Waals surface area contributed by atoms with Gasteiger partial charge in [-0.05, 0) is 48.0 Å². The monoisotopic (exact) mass is 387 g/mol. The van der Waals surface area contributed by atoms with Crippen LogP contribution >= 0.6 is 0 Å². The zero-order valence-electron chi connectivity index (χ0n) is 15.2. The number of halogens is 1. The second kappa shape index (κ2) is 7.99. The number of carbonyl (C=O) groups is 2. The van der Waals surface area contributed by atoms with Gasteiger partial charge in [0.25, 0.3) is 0 Å². The number of benzene rings is 1. The molecule has 0 aliphatic rings. The number of rotatable bonds is 7. The molecule has 2 aromatic heterocycles. The minimum atomic E-state index is -1.10. The minimum Gasteiger partial charge on any atom is -0.478 e. The van der Waals surface area contributed by atoms with Crippen LogP contribution in [0, 0.1) is 19.7 Å². The Bertz CT molecular complexity index is 996. The Morgan fingerprint density at radius 2 is 2.00 bits per heavy atom. The fourth-order valence-corrected chi connectivity index (χ4v) is 2.80. The molecule has 2 heterocycles. The lowest BCUT2D eigenvalue weighted by molar-refractivity contribution is -0.125. The number of carboxylic acids is 1. The summed E-state index contributed by atoms with van der Waals surface area (Å²) in [6, 6.07) is 6.41. The van der Waals surface area contributed by atoms with E-state index in [0.29, 0.717) is 11.6 Å². The van der Waals surface area contributed by atoms with E-state index in [1.807, 2.05) is 0 Å². The van der Waals surface area contributed by atoms with Crippen LogP contribution in [-0.2, 0) is 17.8 Å². The molecule has 10 heteroatoms. The molecule has 0 aliphatic heterocycles. The zero-order chi connectivity index (χ0) is 20.3. The molecule has 9 nitrogen and oxygen atoms in total. The number of nitrogens with zero attached hydrogens (tertiary/aromatic N) is 4. The van der Waals surface area contributed by atoms with E-state index in [0.717, 1.165) is 5.56 Å². The van der Waals surface area contributed by atoms with Gasteiger partial charge in [-0.1, -0.05) is 12.1 Å².